The van der Waals surface area contributed by atoms with Crippen LogP contribution in [0.1, 0.15) is 31.4 Å². The molecule has 0 aliphatic heterocycles. The molecule has 10 nitrogen and oxygen atoms in total. The predicted octanol–water partition coefficient (Wildman–Crippen LogP) is 2.67. The summed E-state index contributed by atoms with van der Waals surface area (Å²) in [6.07, 6.45) is 6.80. The molecule has 2 N–H and O–H groups in total. The minimum atomic E-state index is -3.57. The van der Waals surface area contributed by atoms with Gasteiger partial charge >= 0.3 is 5.69 Å². The number of hydrogen-bond donors (Lipinski definition) is 2. The van der Waals surface area contributed by atoms with Crippen LogP contribution in [-0.2, 0) is 17.1 Å². The zero-order valence-corrected chi connectivity index (χ0v) is 21.6. The van der Waals surface area contributed by atoms with Gasteiger partial charge in [-0.25, -0.2) is 17.8 Å². The Hall–Kier alpha value is -4.56. The molecule has 0 saturated heterocycles. The van der Waals surface area contributed by atoms with Crippen molar-refractivity contribution in [2.24, 2.45) is 7.05 Å². The predicted molar refractivity (Wildman–Crippen MR) is 148 cm³/mol. The molecule has 0 spiro atoms. The van der Waals surface area contributed by atoms with Crippen LogP contribution in [0.15, 0.2) is 69.0 Å². The standard InChI is InChI=1S/C27H25N5O5S/c1-4-17-9-11-18(12-10-17)28-22-16-23(33)30(3)25-24(22)26(34)32(20-13-14-20)27(35)31(25)21-8-6-7-19(15-21)29-38(36,37)5-2/h1,6-12,15-16,20,28-29H,5,13-14H2,2-3H3. The first-order chi connectivity index (χ1) is 18.1. The first-order valence-corrected chi connectivity index (χ1v) is 13.6. The summed E-state index contributed by atoms with van der Waals surface area (Å²) in [6.45, 7) is 1.51. The van der Waals surface area contributed by atoms with E-state index in [-0.39, 0.29) is 34.2 Å². The largest absolute Gasteiger partial charge is 0.355 e. The molecule has 4 aromatic rings. The van der Waals surface area contributed by atoms with Crippen LogP contribution in [0.3, 0.4) is 0 Å². The molecule has 38 heavy (non-hydrogen) atoms. The van der Waals surface area contributed by atoms with E-state index >= 15 is 0 Å². The average Bonchev–Trinajstić information content (AvgIpc) is 3.72. The van der Waals surface area contributed by atoms with Gasteiger partial charge in [-0.3, -0.25) is 23.4 Å². The van der Waals surface area contributed by atoms with Gasteiger partial charge in [-0.2, -0.15) is 0 Å². The lowest BCUT2D eigenvalue weighted by atomic mass is 10.2. The highest BCUT2D eigenvalue weighted by atomic mass is 32.2. The van der Waals surface area contributed by atoms with Gasteiger partial charge < -0.3 is 5.32 Å². The molecule has 2 heterocycles. The van der Waals surface area contributed by atoms with Gasteiger partial charge in [0, 0.05) is 30.4 Å². The Labute approximate surface area is 218 Å². The van der Waals surface area contributed by atoms with Crippen molar-refractivity contribution in [3.8, 4) is 18.0 Å². The van der Waals surface area contributed by atoms with Crippen LogP contribution in [0.25, 0.3) is 16.7 Å². The number of fused-ring (bicyclic) bond motifs is 1. The van der Waals surface area contributed by atoms with Gasteiger partial charge in [0.1, 0.15) is 11.0 Å². The second kappa shape index (κ2) is 9.39. The first-order valence-electron chi connectivity index (χ1n) is 12.0. The second-order valence-corrected chi connectivity index (χ2v) is 11.1. The molecule has 0 radical (unpaired) electrons. The van der Waals surface area contributed by atoms with Gasteiger partial charge in [-0.05, 0) is 62.2 Å². The quantitative estimate of drug-likeness (QED) is 0.354. The molecule has 11 heteroatoms. The summed E-state index contributed by atoms with van der Waals surface area (Å²) < 4.78 is 30.5. The number of aromatic nitrogens is 3. The summed E-state index contributed by atoms with van der Waals surface area (Å²) in [5, 5.41) is 3.29. The van der Waals surface area contributed by atoms with Crippen molar-refractivity contribution in [3.63, 3.8) is 0 Å². The highest BCUT2D eigenvalue weighted by molar-refractivity contribution is 7.92. The minimum absolute atomic E-state index is 0.0858. The molecule has 1 aliphatic rings. The Morgan fingerprint density at radius 3 is 2.37 bits per heavy atom. The van der Waals surface area contributed by atoms with Crippen molar-refractivity contribution in [2.75, 3.05) is 15.8 Å². The summed E-state index contributed by atoms with van der Waals surface area (Å²) in [5.41, 5.74) is 0.598. The molecule has 0 bridgehead atoms. The molecule has 1 aliphatic carbocycles. The molecule has 2 aromatic heterocycles. The Bertz CT molecular complexity index is 1910. The summed E-state index contributed by atoms with van der Waals surface area (Å²) in [4.78, 5) is 40.6. The lowest BCUT2D eigenvalue weighted by Gasteiger charge is -2.19. The van der Waals surface area contributed by atoms with E-state index in [0.717, 1.165) is 0 Å². The number of nitrogens with one attached hydrogen (secondary N) is 2. The highest BCUT2D eigenvalue weighted by Gasteiger charge is 2.31. The van der Waals surface area contributed by atoms with E-state index < -0.39 is 26.8 Å². The maximum atomic E-state index is 13.8. The number of aryl methyl sites for hydroxylation is 1. The molecular weight excluding hydrogens is 506 g/mol. The topological polar surface area (TPSA) is 124 Å². The number of anilines is 3. The maximum Gasteiger partial charge on any atom is 0.337 e. The fourth-order valence-electron chi connectivity index (χ4n) is 4.31. The Morgan fingerprint density at radius 1 is 1.03 bits per heavy atom. The maximum absolute atomic E-state index is 13.8. The zero-order chi connectivity index (χ0) is 27.2. The van der Waals surface area contributed by atoms with Crippen molar-refractivity contribution >= 4 is 38.1 Å². The van der Waals surface area contributed by atoms with E-state index in [1.54, 1.807) is 42.5 Å². The van der Waals surface area contributed by atoms with Crippen LogP contribution in [0, 0.1) is 12.3 Å². The van der Waals surface area contributed by atoms with Gasteiger partial charge in [0.2, 0.25) is 10.0 Å². The molecule has 0 atom stereocenters. The Balaban J connectivity index is 1.81. The lowest BCUT2D eigenvalue weighted by Crippen LogP contribution is -2.41. The SMILES string of the molecule is C#Cc1ccc(Nc2cc(=O)n(C)c3c2c(=O)n(C2CC2)c(=O)n3-c2cccc(NS(=O)(=O)CC)c2)cc1. The molecule has 0 unspecified atom stereocenters. The number of nitrogens with zero attached hydrogens (tertiary/aromatic N) is 3. The van der Waals surface area contributed by atoms with Crippen molar-refractivity contribution < 1.29 is 8.42 Å². The fourth-order valence-corrected chi connectivity index (χ4v) is 4.95. The number of benzene rings is 2. The van der Waals surface area contributed by atoms with Gasteiger partial charge in [0.15, 0.2) is 0 Å². The van der Waals surface area contributed by atoms with Crippen LogP contribution in [0.2, 0.25) is 0 Å². The third kappa shape index (κ3) is 4.50. The minimum Gasteiger partial charge on any atom is -0.355 e. The smallest absolute Gasteiger partial charge is 0.337 e. The van der Waals surface area contributed by atoms with Gasteiger partial charge in [0.25, 0.3) is 11.1 Å². The van der Waals surface area contributed by atoms with E-state index in [2.05, 4.69) is 16.0 Å². The molecule has 1 fully saturated rings. The highest BCUT2D eigenvalue weighted by Crippen LogP contribution is 2.33. The van der Waals surface area contributed by atoms with Gasteiger partial charge in [-0.1, -0.05) is 12.0 Å². The van der Waals surface area contributed by atoms with Gasteiger partial charge in [0.05, 0.1) is 22.8 Å². The third-order valence-electron chi connectivity index (χ3n) is 6.45. The number of sulfonamides is 1. The normalized spacial score (nSPS) is 13.3. The number of terminal acetylenes is 1. The Morgan fingerprint density at radius 2 is 1.74 bits per heavy atom. The summed E-state index contributed by atoms with van der Waals surface area (Å²) in [5.74, 6) is 2.41. The summed E-state index contributed by atoms with van der Waals surface area (Å²) in [6, 6.07) is 14.3. The summed E-state index contributed by atoms with van der Waals surface area (Å²) >= 11 is 0. The number of rotatable bonds is 7. The van der Waals surface area contributed by atoms with E-state index in [0.29, 0.717) is 29.8 Å². The molecule has 194 valence electrons. The molecule has 5 rings (SSSR count). The lowest BCUT2D eigenvalue weighted by molar-refractivity contribution is 0.602. The van der Waals surface area contributed by atoms with Crippen molar-refractivity contribution in [3.05, 3.63) is 91.4 Å². The fraction of sp³-hybridized carbons (Fsp3) is 0.222. The summed E-state index contributed by atoms with van der Waals surface area (Å²) in [7, 11) is -2.09. The second-order valence-electron chi connectivity index (χ2n) is 9.08. The van der Waals surface area contributed by atoms with E-state index in [4.69, 9.17) is 6.42 Å². The van der Waals surface area contributed by atoms with Crippen LogP contribution < -0.4 is 26.8 Å². The van der Waals surface area contributed by atoms with Crippen LogP contribution in [0.4, 0.5) is 17.1 Å². The number of hydrogen-bond acceptors (Lipinski definition) is 6. The van der Waals surface area contributed by atoms with Crippen molar-refractivity contribution in [2.45, 2.75) is 25.8 Å². The monoisotopic (exact) mass is 531 g/mol. The molecule has 0 amide bonds. The van der Waals surface area contributed by atoms with E-state index in [1.165, 1.54) is 39.8 Å². The van der Waals surface area contributed by atoms with Crippen molar-refractivity contribution in [1.82, 2.24) is 13.7 Å². The van der Waals surface area contributed by atoms with Gasteiger partial charge in [-0.15, -0.1) is 6.42 Å². The van der Waals surface area contributed by atoms with Crippen LogP contribution in [-0.4, -0.2) is 27.9 Å². The third-order valence-corrected chi connectivity index (χ3v) is 7.76. The van der Waals surface area contributed by atoms with Crippen LogP contribution in [0.5, 0.6) is 0 Å². The molecular formula is C27H25N5O5S. The van der Waals surface area contributed by atoms with E-state index in [9.17, 15) is 22.8 Å². The molecule has 1 saturated carbocycles. The van der Waals surface area contributed by atoms with Crippen molar-refractivity contribution in [1.29, 1.82) is 0 Å². The zero-order valence-electron chi connectivity index (χ0n) is 20.8. The van der Waals surface area contributed by atoms with E-state index in [1.807, 2.05) is 0 Å². The average molecular weight is 532 g/mol. The molecule has 2 aromatic carbocycles. The first kappa shape index (κ1) is 25.1. The number of pyridine rings is 1. The van der Waals surface area contributed by atoms with Crippen LogP contribution >= 0.6 is 0 Å². The Kier molecular flexibility index (Phi) is 6.20.